The number of hydrogen-bond donors (Lipinski definition) is 0. The second kappa shape index (κ2) is 9.48. The summed E-state index contributed by atoms with van der Waals surface area (Å²) in [5, 5.41) is 0. The second-order valence-corrected chi connectivity index (χ2v) is 8.88. The zero-order valence-electron chi connectivity index (χ0n) is 19.4. The van der Waals surface area contributed by atoms with Gasteiger partial charge >= 0.3 is 0 Å². The molecule has 33 heavy (non-hydrogen) atoms. The molecule has 1 aliphatic heterocycles. The Bertz CT molecular complexity index is 1120. The molecule has 1 aliphatic rings. The number of nitrogens with zero attached hydrogens (tertiary/aromatic N) is 5. The highest BCUT2D eigenvalue weighted by Crippen LogP contribution is 2.39. The van der Waals surface area contributed by atoms with Crippen LogP contribution in [0.4, 0.5) is 0 Å². The van der Waals surface area contributed by atoms with Gasteiger partial charge in [0.25, 0.3) is 5.91 Å². The average Bonchev–Trinajstić information content (AvgIpc) is 2.85. The standard InChI is InChI=1S/C26H29N5O2/c1-19-17-29-23(18-28-19)24(32)31-14-10-26(11-15-31,25(33)30(2)3)16-21-6-4-5-7-22(21)20-8-12-27-13-9-20/h4-9,12-13,17-18H,10-11,14-16H2,1-3H3. The molecule has 7 nitrogen and oxygen atoms in total. The Morgan fingerprint density at radius 3 is 2.33 bits per heavy atom. The Balaban J connectivity index is 1.59. The number of benzene rings is 1. The number of aryl methyl sites for hydroxylation is 1. The van der Waals surface area contributed by atoms with Gasteiger partial charge in [-0.05, 0) is 55.0 Å². The highest BCUT2D eigenvalue weighted by atomic mass is 16.2. The molecule has 0 N–H and O–H groups in total. The van der Waals surface area contributed by atoms with Gasteiger partial charge in [0.15, 0.2) is 0 Å². The van der Waals surface area contributed by atoms with Gasteiger partial charge in [-0.25, -0.2) is 4.98 Å². The van der Waals surface area contributed by atoms with Crippen molar-refractivity contribution in [1.82, 2.24) is 24.8 Å². The molecule has 0 unspecified atom stereocenters. The first-order chi connectivity index (χ1) is 15.9. The lowest BCUT2D eigenvalue weighted by Gasteiger charge is -2.42. The van der Waals surface area contributed by atoms with E-state index in [1.165, 1.54) is 6.20 Å². The molecule has 3 aromatic rings. The van der Waals surface area contributed by atoms with E-state index in [-0.39, 0.29) is 11.8 Å². The van der Waals surface area contributed by atoms with Gasteiger partial charge < -0.3 is 9.80 Å². The number of rotatable bonds is 5. The van der Waals surface area contributed by atoms with E-state index in [4.69, 9.17) is 0 Å². The van der Waals surface area contributed by atoms with Gasteiger partial charge in [-0.2, -0.15) is 0 Å². The van der Waals surface area contributed by atoms with Crippen molar-refractivity contribution in [3.8, 4) is 11.1 Å². The lowest BCUT2D eigenvalue weighted by Crippen LogP contribution is -2.51. The first-order valence-electron chi connectivity index (χ1n) is 11.2. The van der Waals surface area contributed by atoms with E-state index in [2.05, 4.69) is 27.1 Å². The van der Waals surface area contributed by atoms with Crippen LogP contribution in [0.2, 0.25) is 0 Å². The largest absolute Gasteiger partial charge is 0.348 e. The van der Waals surface area contributed by atoms with Crippen molar-refractivity contribution in [1.29, 1.82) is 0 Å². The molecule has 1 fully saturated rings. The third-order valence-electron chi connectivity index (χ3n) is 6.41. The summed E-state index contributed by atoms with van der Waals surface area (Å²) in [5.41, 5.74) is 3.87. The molecule has 1 saturated heterocycles. The predicted molar refractivity (Wildman–Crippen MR) is 126 cm³/mol. The third kappa shape index (κ3) is 4.77. The highest BCUT2D eigenvalue weighted by molar-refractivity contribution is 5.92. The first-order valence-corrected chi connectivity index (χ1v) is 11.2. The van der Waals surface area contributed by atoms with Crippen molar-refractivity contribution < 1.29 is 9.59 Å². The molecule has 0 spiro atoms. The molecule has 0 radical (unpaired) electrons. The Morgan fingerprint density at radius 2 is 1.70 bits per heavy atom. The van der Waals surface area contributed by atoms with Crippen LogP contribution in [0, 0.1) is 12.3 Å². The lowest BCUT2D eigenvalue weighted by molar-refractivity contribution is -0.142. The SMILES string of the molecule is Cc1cnc(C(=O)N2CCC(Cc3ccccc3-c3ccncc3)(C(=O)N(C)C)CC2)cn1. The van der Waals surface area contributed by atoms with E-state index in [9.17, 15) is 9.59 Å². The molecule has 0 bridgehead atoms. The summed E-state index contributed by atoms with van der Waals surface area (Å²) in [4.78, 5) is 42.4. The third-order valence-corrected chi connectivity index (χ3v) is 6.41. The van der Waals surface area contributed by atoms with Crippen LogP contribution in [0.3, 0.4) is 0 Å². The summed E-state index contributed by atoms with van der Waals surface area (Å²) >= 11 is 0. The molecule has 0 aliphatic carbocycles. The van der Waals surface area contributed by atoms with E-state index < -0.39 is 5.41 Å². The van der Waals surface area contributed by atoms with Crippen LogP contribution in [0.15, 0.2) is 61.2 Å². The molecule has 1 aromatic carbocycles. The molecule has 3 heterocycles. The van der Waals surface area contributed by atoms with Gasteiger partial charge in [0, 0.05) is 45.8 Å². The van der Waals surface area contributed by atoms with Crippen molar-refractivity contribution in [2.45, 2.75) is 26.2 Å². The topological polar surface area (TPSA) is 79.3 Å². The maximum atomic E-state index is 13.4. The Labute approximate surface area is 194 Å². The van der Waals surface area contributed by atoms with E-state index in [1.54, 1.807) is 42.5 Å². The lowest BCUT2D eigenvalue weighted by atomic mass is 9.71. The van der Waals surface area contributed by atoms with Crippen LogP contribution in [-0.2, 0) is 11.2 Å². The average molecular weight is 444 g/mol. The van der Waals surface area contributed by atoms with E-state index in [0.717, 1.165) is 22.4 Å². The van der Waals surface area contributed by atoms with Crippen molar-refractivity contribution >= 4 is 11.8 Å². The van der Waals surface area contributed by atoms with Gasteiger partial charge in [-0.1, -0.05) is 24.3 Å². The molecule has 2 aromatic heterocycles. The minimum Gasteiger partial charge on any atom is -0.348 e. The summed E-state index contributed by atoms with van der Waals surface area (Å²) in [6.45, 7) is 2.85. The Hall–Kier alpha value is -3.61. The number of pyridine rings is 1. The zero-order chi connectivity index (χ0) is 23.4. The van der Waals surface area contributed by atoms with E-state index in [1.807, 2.05) is 31.2 Å². The summed E-state index contributed by atoms with van der Waals surface area (Å²) < 4.78 is 0. The van der Waals surface area contributed by atoms with Crippen LogP contribution in [0.25, 0.3) is 11.1 Å². The molecule has 170 valence electrons. The van der Waals surface area contributed by atoms with Gasteiger partial charge in [-0.3, -0.25) is 19.6 Å². The Kier molecular flexibility index (Phi) is 6.49. The summed E-state index contributed by atoms with van der Waals surface area (Å²) in [7, 11) is 3.61. The molecule has 4 rings (SSSR count). The normalized spacial score (nSPS) is 15.2. The summed E-state index contributed by atoms with van der Waals surface area (Å²) in [6.07, 6.45) is 8.51. The maximum Gasteiger partial charge on any atom is 0.274 e. The fraction of sp³-hybridized carbons (Fsp3) is 0.346. The van der Waals surface area contributed by atoms with Crippen LogP contribution < -0.4 is 0 Å². The number of aromatic nitrogens is 3. The Morgan fingerprint density at radius 1 is 1.00 bits per heavy atom. The number of piperidine rings is 1. The maximum absolute atomic E-state index is 13.4. The smallest absolute Gasteiger partial charge is 0.274 e. The van der Waals surface area contributed by atoms with Crippen LogP contribution >= 0.6 is 0 Å². The summed E-state index contributed by atoms with van der Waals surface area (Å²) in [5.74, 6) is -0.0279. The quantitative estimate of drug-likeness (QED) is 0.604. The molecular formula is C26H29N5O2. The van der Waals surface area contributed by atoms with Crippen molar-refractivity contribution in [2.24, 2.45) is 5.41 Å². The molecule has 0 saturated carbocycles. The number of likely N-dealkylation sites (tertiary alicyclic amines) is 1. The molecule has 0 atom stereocenters. The predicted octanol–water partition coefficient (Wildman–Crippen LogP) is 3.40. The monoisotopic (exact) mass is 443 g/mol. The van der Waals surface area contributed by atoms with Crippen LogP contribution in [-0.4, -0.2) is 63.8 Å². The fourth-order valence-electron chi connectivity index (χ4n) is 4.60. The van der Waals surface area contributed by atoms with Crippen molar-refractivity contribution in [3.63, 3.8) is 0 Å². The van der Waals surface area contributed by atoms with Gasteiger partial charge in [-0.15, -0.1) is 0 Å². The van der Waals surface area contributed by atoms with E-state index >= 15 is 0 Å². The fourth-order valence-corrected chi connectivity index (χ4v) is 4.60. The first kappa shape index (κ1) is 22.6. The van der Waals surface area contributed by atoms with Gasteiger partial charge in [0.1, 0.15) is 5.69 Å². The molecule has 7 heteroatoms. The second-order valence-electron chi connectivity index (χ2n) is 8.88. The van der Waals surface area contributed by atoms with Crippen molar-refractivity contribution in [3.05, 3.63) is 78.1 Å². The minimum absolute atomic E-state index is 0.106. The minimum atomic E-state index is -0.567. The van der Waals surface area contributed by atoms with Crippen LogP contribution in [0.1, 0.15) is 34.6 Å². The number of carbonyl (C=O) groups is 2. The molecular weight excluding hydrogens is 414 g/mol. The molecule has 2 amide bonds. The number of hydrogen-bond acceptors (Lipinski definition) is 5. The van der Waals surface area contributed by atoms with Gasteiger partial charge in [0.2, 0.25) is 5.91 Å². The summed E-state index contributed by atoms with van der Waals surface area (Å²) in [6, 6.07) is 12.2. The number of carbonyl (C=O) groups excluding carboxylic acids is 2. The van der Waals surface area contributed by atoms with E-state index in [0.29, 0.717) is 38.0 Å². The zero-order valence-corrected chi connectivity index (χ0v) is 19.4. The number of amides is 2. The van der Waals surface area contributed by atoms with Crippen molar-refractivity contribution in [2.75, 3.05) is 27.2 Å². The highest BCUT2D eigenvalue weighted by Gasteiger charge is 2.43. The van der Waals surface area contributed by atoms with Gasteiger partial charge in [0.05, 0.1) is 17.3 Å². The van der Waals surface area contributed by atoms with Crippen LogP contribution in [0.5, 0.6) is 0 Å².